The topological polar surface area (TPSA) is 56.8 Å². The molecular weight excluding hydrogens is 306 g/mol. The van der Waals surface area contributed by atoms with Crippen molar-refractivity contribution >= 4 is 11.6 Å². The second kappa shape index (κ2) is 8.24. The molecule has 2 aromatic rings. The van der Waals surface area contributed by atoms with E-state index >= 15 is 0 Å². The first-order chi connectivity index (χ1) is 11.5. The third kappa shape index (κ3) is 5.19. The van der Waals surface area contributed by atoms with Crippen LogP contribution in [-0.2, 0) is 4.79 Å². The maximum absolute atomic E-state index is 12.1. The minimum atomic E-state index is -0.251. The molecule has 0 aliphatic rings. The quantitative estimate of drug-likeness (QED) is 0.839. The Morgan fingerprint density at radius 3 is 2.62 bits per heavy atom. The van der Waals surface area contributed by atoms with Crippen molar-refractivity contribution in [3.8, 4) is 17.2 Å². The van der Waals surface area contributed by atoms with Crippen molar-refractivity contribution < 1.29 is 19.0 Å². The molecule has 0 heterocycles. The number of anilines is 1. The monoisotopic (exact) mass is 329 g/mol. The van der Waals surface area contributed by atoms with E-state index in [1.54, 1.807) is 25.3 Å². The second-order valence-electron chi connectivity index (χ2n) is 5.69. The van der Waals surface area contributed by atoms with Gasteiger partial charge < -0.3 is 19.5 Å². The van der Waals surface area contributed by atoms with Crippen molar-refractivity contribution in [3.63, 3.8) is 0 Å². The molecule has 0 saturated carbocycles. The lowest BCUT2D eigenvalue weighted by Crippen LogP contribution is -2.20. The standard InChI is InChI=1S/C19H23NO4/c1-13(2)24-16-7-5-6-15(11-16)20-19(21)12-23-17-9-8-14(3)10-18(17)22-4/h5-11,13H,12H2,1-4H3,(H,20,21). The zero-order chi connectivity index (χ0) is 17.5. The Morgan fingerprint density at radius 2 is 1.92 bits per heavy atom. The summed E-state index contributed by atoms with van der Waals surface area (Å²) in [6.45, 7) is 5.77. The lowest BCUT2D eigenvalue weighted by atomic mass is 10.2. The molecular formula is C19H23NO4. The number of amides is 1. The van der Waals surface area contributed by atoms with Crippen molar-refractivity contribution in [2.75, 3.05) is 19.0 Å². The lowest BCUT2D eigenvalue weighted by molar-refractivity contribution is -0.118. The first-order valence-corrected chi connectivity index (χ1v) is 7.82. The van der Waals surface area contributed by atoms with E-state index < -0.39 is 0 Å². The van der Waals surface area contributed by atoms with Crippen molar-refractivity contribution in [3.05, 3.63) is 48.0 Å². The Hall–Kier alpha value is -2.69. The molecule has 0 unspecified atom stereocenters. The van der Waals surface area contributed by atoms with Crippen LogP contribution >= 0.6 is 0 Å². The van der Waals surface area contributed by atoms with Crippen molar-refractivity contribution in [2.24, 2.45) is 0 Å². The SMILES string of the molecule is COc1cc(C)ccc1OCC(=O)Nc1cccc(OC(C)C)c1. The van der Waals surface area contributed by atoms with E-state index in [1.165, 1.54) is 0 Å². The zero-order valence-corrected chi connectivity index (χ0v) is 14.5. The molecule has 5 nitrogen and oxygen atoms in total. The van der Waals surface area contributed by atoms with Crippen LogP contribution in [0.5, 0.6) is 17.2 Å². The van der Waals surface area contributed by atoms with Gasteiger partial charge in [-0.2, -0.15) is 0 Å². The number of benzene rings is 2. The van der Waals surface area contributed by atoms with Crippen LogP contribution in [0.3, 0.4) is 0 Å². The number of carbonyl (C=O) groups is 1. The van der Waals surface area contributed by atoms with Gasteiger partial charge in [-0.3, -0.25) is 4.79 Å². The zero-order valence-electron chi connectivity index (χ0n) is 14.5. The summed E-state index contributed by atoms with van der Waals surface area (Å²) in [5.41, 5.74) is 1.73. The first-order valence-electron chi connectivity index (χ1n) is 7.82. The van der Waals surface area contributed by atoms with Crippen molar-refractivity contribution in [1.29, 1.82) is 0 Å². The van der Waals surface area contributed by atoms with E-state index in [2.05, 4.69) is 5.32 Å². The van der Waals surface area contributed by atoms with Gasteiger partial charge in [0, 0.05) is 11.8 Å². The van der Waals surface area contributed by atoms with Gasteiger partial charge in [-0.1, -0.05) is 12.1 Å². The minimum Gasteiger partial charge on any atom is -0.493 e. The molecule has 0 aliphatic heterocycles. The van der Waals surface area contributed by atoms with Gasteiger partial charge in [-0.05, 0) is 50.6 Å². The van der Waals surface area contributed by atoms with Gasteiger partial charge in [-0.15, -0.1) is 0 Å². The Bertz CT molecular complexity index is 698. The Balaban J connectivity index is 1.94. The largest absolute Gasteiger partial charge is 0.493 e. The Labute approximate surface area is 142 Å². The van der Waals surface area contributed by atoms with Crippen molar-refractivity contribution in [2.45, 2.75) is 26.9 Å². The highest BCUT2D eigenvalue weighted by atomic mass is 16.5. The molecule has 2 rings (SSSR count). The van der Waals surface area contributed by atoms with Crippen molar-refractivity contribution in [1.82, 2.24) is 0 Å². The number of aryl methyl sites for hydroxylation is 1. The summed E-state index contributed by atoms with van der Waals surface area (Å²) in [7, 11) is 1.57. The van der Waals surface area contributed by atoms with Crippen LogP contribution < -0.4 is 19.5 Å². The molecule has 1 N–H and O–H groups in total. The number of nitrogens with one attached hydrogen (secondary N) is 1. The van der Waals surface area contributed by atoms with E-state index in [9.17, 15) is 4.79 Å². The summed E-state index contributed by atoms with van der Waals surface area (Å²) in [5, 5.41) is 2.79. The van der Waals surface area contributed by atoms with Gasteiger partial charge in [0.1, 0.15) is 5.75 Å². The fourth-order valence-corrected chi connectivity index (χ4v) is 2.15. The van der Waals surface area contributed by atoms with E-state index in [1.807, 2.05) is 45.0 Å². The molecule has 0 bridgehead atoms. The molecule has 0 spiro atoms. The number of carbonyl (C=O) groups excluding carboxylic acids is 1. The van der Waals surface area contributed by atoms with Crippen LogP contribution in [-0.4, -0.2) is 25.7 Å². The second-order valence-corrected chi connectivity index (χ2v) is 5.69. The predicted octanol–water partition coefficient (Wildman–Crippen LogP) is 3.81. The van der Waals surface area contributed by atoms with Crippen LogP contribution in [0.15, 0.2) is 42.5 Å². The van der Waals surface area contributed by atoms with Crippen LogP contribution in [0.2, 0.25) is 0 Å². The summed E-state index contributed by atoms with van der Waals surface area (Å²) < 4.78 is 16.4. The van der Waals surface area contributed by atoms with Crippen LogP contribution in [0.25, 0.3) is 0 Å². The Kier molecular flexibility index (Phi) is 6.07. The molecule has 0 aliphatic carbocycles. The molecule has 2 aromatic carbocycles. The maximum Gasteiger partial charge on any atom is 0.262 e. The summed E-state index contributed by atoms with van der Waals surface area (Å²) in [6, 6.07) is 12.8. The van der Waals surface area contributed by atoms with Gasteiger partial charge in [0.2, 0.25) is 0 Å². The fraction of sp³-hybridized carbons (Fsp3) is 0.316. The normalized spacial score (nSPS) is 10.4. The molecule has 5 heteroatoms. The van der Waals surface area contributed by atoms with Gasteiger partial charge in [0.15, 0.2) is 18.1 Å². The summed E-state index contributed by atoms with van der Waals surface area (Å²) in [6.07, 6.45) is 0.0771. The third-order valence-electron chi connectivity index (χ3n) is 3.17. The number of hydrogen-bond donors (Lipinski definition) is 1. The molecule has 0 saturated heterocycles. The smallest absolute Gasteiger partial charge is 0.262 e. The maximum atomic E-state index is 12.1. The van der Waals surface area contributed by atoms with Gasteiger partial charge >= 0.3 is 0 Å². The molecule has 24 heavy (non-hydrogen) atoms. The molecule has 0 atom stereocenters. The predicted molar refractivity (Wildman–Crippen MR) is 94.1 cm³/mol. The van der Waals surface area contributed by atoms with Crippen LogP contribution in [0, 0.1) is 6.92 Å². The third-order valence-corrected chi connectivity index (χ3v) is 3.17. The highest BCUT2D eigenvalue weighted by Crippen LogP contribution is 2.27. The number of rotatable bonds is 7. The van der Waals surface area contributed by atoms with Gasteiger partial charge in [0.25, 0.3) is 5.91 Å². The summed E-state index contributed by atoms with van der Waals surface area (Å²) in [5.74, 6) is 1.61. The fourth-order valence-electron chi connectivity index (χ4n) is 2.15. The molecule has 0 fully saturated rings. The number of methoxy groups -OCH3 is 1. The van der Waals surface area contributed by atoms with E-state index in [4.69, 9.17) is 14.2 Å². The van der Waals surface area contributed by atoms with Gasteiger partial charge in [0.05, 0.1) is 13.2 Å². The first kappa shape index (κ1) is 17.7. The average Bonchev–Trinajstić information content (AvgIpc) is 2.53. The average molecular weight is 329 g/mol. The molecule has 0 radical (unpaired) electrons. The number of ether oxygens (including phenoxy) is 3. The summed E-state index contributed by atoms with van der Waals surface area (Å²) in [4.78, 5) is 12.1. The number of hydrogen-bond acceptors (Lipinski definition) is 4. The van der Waals surface area contributed by atoms with E-state index in [0.29, 0.717) is 22.9 Å². The molecule has 128 valence electrons. The van der Waals surface area contributed by atoms with E-state index in [-0.39, 0.29) is 18.6 Å². The minimum absolute atomic E-state index is 0.0771. The lowest BCUT2D eigenvalue weighted by Gasteiger charge is -2.13. The van der Waals surface area contributed by atoms with E-state index in [0.717, 1.165) is 5.56 Å². The highest BCUT2D eigenvalue weighted by molar-refractivity contribution is 5.92. The summed E-state index contributed by atoms with van der Waals surface area (Å²) >= 11 is 0. The highest BCUT2D eigenvalue weighted by Gasteiger charge is 2.09. The Morgan fingerprint density at radius 1 is 1.12 bits per heavy atom. The van der Waals surface area contributed by atoms with Crippen LogP contribution in [0.1, 0.15) is 19.4 Å². The molecule has 0 aromatic heterocycles. The van der Waals surface area contributed by atoms with Crippen LogP contribution in [0.4, 0.5) is 5.69 Å². The van der Waals surface area contributed by atoms with Gasteiger partial charge in [-0.25, -0.2) is 0 Å². The molecule has 1 amide bonds.